The first-order chi connectivity index (χ1) is 13.1. The number of rotatable bonds is 9. The van der Waals surface area contributed by atoms with Gasteiger partial charge in [-0.05, 0) is 48.7 Å². The van der Waals surface area contributed by atoms with Gasteiger partial charge in [0.15, 0.2) is 17.5 Å². The Morgan fingerprint density at radius 2 is 1.82 bits per heavy atom. The quantitative estimate of drug-likeness (QED) is 0.297. The number of benzene rings is 2. The number of ether oxygens (including phenoxy) is 3. The highest BCUT2D eigenvalue weighted by atomic mass is 127. The van der Waals surface area contributed by atoms with E-state index in [0.29, 0.717) is 42.2 Å². The number of aliphatic imine (C=N–C) groups is 1. The highest BCUT2D eigenvalue weighted by Gasteiger charge is 2.11. The molecule has 2 rings (SSSR count). The molecular formula is C20H27ClIN3O3. The lowest BCUT2D eigenvalue weighted by Gasteiger charge is -2.12. The molecule has 0 amide bonds. The van der Waals surface area contributed by atoms with Gasteiger partial charge in [0.05, 0.1) is 32.4 Å². The molecule has 0 atom stereocenters. The Balaban J connectivity index is 0.00000392. The molecule has 0 bridgehead atoms. The first kappa shape index (κ1) is 24.2. The van der Waals surface area contributed by atoms with Crippen LogP contribution in [0.5, 0.6) is 17.2 Å². The Kier molecular flexibility index (Phi) is 10.8. The molecule has 154 valence electrons. The van der Waals surface area contributed by atoms with E-state index in [1.165, 1.54) is 5.56 Å². The highest BCUT2D eigenvalue weighted by molar-refractivity contribution is 14.0. The Bertz CT molecular complexity index is 770. The van der Waals surface area contributed by atoms with Gasteiger partial charge in [-0.1, -0.05) is 23.7 Å². The zero-order valence-electron chi connectivity index (χ0n) is 16.3. The summed E-state index contributed by atoms with van der Waals surface area (Å²) < 4.78 is 16.0. The lowest BCUT2D eigenvalue weighted by Crippen LogP contribution is -2.33. The summed E-state index contributed by atoms with van der Waals surface area (Å²) in [4.78, 5) is 4.35. The Labute approximate surface area is 188 Å². The van der Waals surface area contributed by atoms with Crippen molar-refractivity contribution in [2.45, 2.75) is 19.9 Å². The molecule has 6 nitrogen and oxygen atoms in total. The summed E-state index contributed by atoms with van der Waals surface area (Å²) in [7, 11) is 3.23. The Morgan fingerprint density at radius 3 is 2.43 bits per heavy atom. The van der Waals surface area contributed by atoms with Crippen molar-refractivity contribution in [2.24, 2.45) is 10.7 Å². The van der Waals surface area contributed by atoms with E-state index in [4.69, 9.17) is 31.5 Å². The fourth-order valence-corrected chi connectivity index (χ4v) is 2.80. The van der Waals surface area contributed by atoms with Gasteiger partial charge in [0, 0.05) is 6.54 Å². The monoisotopic (exact) mass is 519 g/mol. The van der Waals surface area contributed by atoms with Crippen molar-refractivity contribution < 1.29 is 14.2 Å². The topological polar surface area (TPSA) is 78.1 Å². The number of halogens is 2. The summed E-state index contributed by atoms with van der Waals surface area (Å²) in [6.07, 6.45) is 0.836. The van der Waals surface area contributed by atoms with E-state index >= 15 is 0 Å². The van der Waals surface area contributed by atoms with Crippen LogP contribution >= 0.6 is 35.6 Å². The average molecular weight is 520 g/mol. The molecular weight excluding hydrogens is 493 g/mol. The van der Waals surface area contributed by atoms with Gasteiger partial charge in [-0.25, -0.2) is 4.99 Å². The SMILES string of the molecule is CCOc1c(Cl)cc(CN=C(N)NCCc2ccc(OC)cc2)cc1OC.I. The first-order valence-electron chi connectivity index (χ1n) is 8.73. The van der Waals surface area contributed by atoms with E-state index in [1.807, 2.05) is 43.3 Å². The molecule has 0 aliphatic heterocycles. The molecule has 8 heteroatoms. The Hall–Kier alpha value is -1.87. The van der Waals surface area contributed by atoms with Gasteiger partial charge in [-0.15, -0.1) is 24.0 Å². The Morgan fingerprint density at radius 1 is 1.11 bits per heavy atom. The molecule has 0 radical (unpaired) electrons. The zero-order chi connectivity index (χ0) is 19.6. The minimum Gasteiger partial charge on any atom is -0.497 e. The third-order valence-corrected chi connectivity index (χ3v) is 4.17. The van der Waals surface area contributed by atoms with Gasteiger partial charge in [0.2, 0.25) is 0 Å². The molecule has 0 unspecified atom stereocenters. The predicted octanol–water partition coefficient (Wildman–Crippen LogP) is 4.02. The van der Waals surface area contributed by atoms with Gasteiger partial charge in [-0.3, -0.25) is 0 Å². The summed E-state index contributed by atoms with van der Waals surface area (Å²) in [6, 6.07) is 11.6. The van der Waals surface area contributed by atoms with E-state index < -0.39 is 0 Å². The van der Waals surface area contributed by atoms with Crippen LogP contribution in [0.25, 0.3) is 0 Å². The number of nitrogens with zero attached hydrogens (tertiary/aromatic N) is 1. The van der Waals surface area contributed by atoms with Gasteiger partial charge >= 0.3 is 0 Å². The van der Waals surface area contributed by atoms with E-state index in [0.717, 1.165) is 17.7 Å². The van der Waals surface area contributed by atoms with E-state index in [2.05, 4.69) is 10.3 Å². The van der Waals surface area contributed by atoms with Crippen LogP contribution in [0.4, 0.5) is 0 Å². The fourth-order valence-electron chi connectivity index (χ4n) is 2.51. The van der Waals surface area contributed by atoms with Crippen LogP contribution < -0.4 is 25.3 Å². The maximum Gasteiger partial charge on any atom is 0.188 e. The molecule has 3 N–H and O–H groups in total. The highest BCUT2D eigenvalue weighted by Crippen LogP contribution is 2.36. The van der Waals surface area contributed by atoms with Crippen molar-refractivity contribution in [3.05, 3.63) is 52.5 Å². The zero-order valence-corrected chi connectivity index (χ0v) is 19.4. The number of hydrogen-bond donors (Lipinski definition) is 2. The normalized spacial score (nSPS) is 10.8. The largest absolute Gasteiger partial charge is 0.497 e. The third kappa shape index (κ3) is 7.27. The van der Waals surface area contributed by atoms with Crippen molar-refractivity contribution in [1.82, 2.24) is 5.32 Å². The maximum absolute atomic E-state index is 6.27. The van der Waals surface area contributed by atoms with E-state index in [-0.39, 0.29) is 24.0 Å². The van der Waals surface area contributed by atoms with Gasteiger partial charge in [0.25, 0.3) is 0 Å². The molecule has 2 aromatic carbocycles. The van der Waals surface area contributed by atoms with Crippen LogP contribution in [0.1, 0.15) is 18.1 Å². The van der Waals surface area contributed by atoms with Crippen molar-refractivity contribution in [1.29, 1.82) is 0 Å². The molecule has 0 saturated heterocycles. The molecule has 0 heterocycles. The third-order valence-electron chi connectivity index (χ3n) is 3.89. The summed E-state index contributed by atoms with van der Waals surface area (Å²) >= 11 is 6.27. The second-order valence-electron chi connectivity index (χ2n) is 5.77. The molecule has 0 aliphatic rings. The van der Waals surface area contributed by atoms with Gasteiger partial charge in [-0.2, -0.15) is 0 Å². The van der Waals surface area contributed by atoms with E-state index in [1.54, 1.807) is 14.2 Å². The average Bonchev–Trinajstić information content (AvgIpc) is 2.68. The molecule has 28 heavy (non-hydrogen) atoms. The second kappa shape index (κ2) is 12.6. The summed E-state index contributed by atoms with van der Waals surface area (Å²) in [5.74, 6) is 2.35. The summed E-state index contributed by atoms with van der Waals surface area (Å²) in [6.45, 7) is 3.49. The second-order valence-corrected chi connectivity index (χ2v) is 6.18. The molecule has 0 fully saturated rings. The minimum absolute atomic E-state index is 0. The van der Waals surface area contributed by atoms with Crippen LogP contribution in [0.15, 0.2) is 41.4 Å². The molecule has 0 saturated carbocycles. The van der Waals surface area contributed by atoms with Gasteiger partial charge < -0.3 is 25.3 Å². The van der Waals surface area contributed by atoms with Crippen LogP contribution in [0, 0.1) is 0 Å². The number of hydrogen-bond acceptors (Lipinski definition) is 4. The standard InChI is InChI=1S/C20H26ClN3O3.HI/c1-4-27-19-17(21)11-15(12-18(19)26-3)13-24-20(22)23-10-9-14-5-7-16(25-2)8-6-14;/h5-8,11-12H,4,9-10,13H2,1-3H3,(H3,22,23,24);1H. The number of methoxy groups -OCH3 is 2. The van der Waals surface area contributed by atoms with Crippen molar-refractivity contribution in [3.8, 4) is 17.2 Å². The fraction of sp³-hybridized carbons (Fsp3) is 0.350. The lowest BCUT2D eigenvalue weighted by atomic mass is 10.1. The lowest BCUT2D eigenvalue weighted by molar-refractivity contribution is 0.311. The van der Waals surface area contributed by atoms with Crippen LogP contribution in [0.2, 0.25) is 5.02 Å². The van der Waals surface area contributed by atoms with Crippen molar-refractivity contribution in [3.63, 3.8) is 0 Å². The smallest absolute Gasteiger partial charge is 0.188 e. The molecule has 2 aromatic rings. The summed E-state index contributed by atoms with van der Waals surface area (Å²) in [5.41, 5.74) is 8.03. The van der Waals surface area contributed by atoms with Crippen LogP contribution in [0.3, 0.4) is 0 Å². The van der Waals surface area contributed by atoms with Crippen molar-refractivity contribution >= 4 is 41.5 Å². The van der Waals surface area contributed by atoms with E-state index in [9.17, 15) is 0 Å². The molecule has 0 aliphatic carbocycles. The minimum atomic E-state index is 0. The van der Waals surface area contributed by atoms with Gasteiger partial charge in [0.1, 0.15) is 5.75 Å². The van der Waals surface area contributed by atoms with Crippen LogP contribution in [-0.4, -0.2) is 33.3 Å². The number of nitrogens with two attached hydrogens (primary N) is 1. The number of nitrogens with one attached hydrogen (secondary N) is 1. The maximum atomic E-state index is 6.27. The molecule has 0 aromatic heterocycles. The number of guanidine groups is 1. The first-order valence-corrected chi connectivity index (χ1v) is 9.11. The van der Waals surface area contributed by atoms with Crippen molar-refractivity contribution in [2.75, 3.05) is 27.4 Å². The van der Waals surface area contributed by atoms with Crippen LogP contribution in [-0.2, 0) is 13.0 Å². The molecule has 0 spiro atoms. The predicted molar refractivity (Wildman–Crippen MR) is 125 cm³/mol. The summed E-state index contributed by atoms with van der Waals surface area (Å²) in [5, 5.41) is 3.61.